The van der Waals surface area contributed by atoms with Crippen molar-refractivity contribution >= 4 is 11.6 Å². The molecule has 3 nitrogen and oxygen atoms in total. The summed E-state index contributed by atoms with van der Waals surface area (Å²) in [4.78, 5) is 10.2. The van der Waals surface area contributed by atoms with Crippen LogP contribution < -0.4 is 5.73 Å². The molecule has 0 unspecified atom stereocenters. The van der Waals surface area contributed by atoms with Gasteiger partial charge in [-0.25, -0.2) is 0 Å². The first-order valence-corrected chi connectivity index (χ1v) is 3.51. The Morgan fingerprint density at radius 1 is 1.50 bits per heavy atom. The van der Waals surface area contributed by atoms with E-state index in [2.05, 4.69) is 0 Å². The van der Waals surface area contributed by atoms with E-state index in [1.165, 1.54) is 0 Å². The fourth-order valence-corrected chi connectivity index (χ4v) is 0.653. The quantitative estimate of drug-likeness (QED) is 0.554. The average molecular weight is 142 g/mol. The standard InChI is InChI=1S/C7H14N2O/c1-2-6(8)4-3-5-7(9)10/h8H,2-5H2,1H3,(H2,9,10). The number of hydrogen-bond acceptors (Lipinski definition) is 2. The van der Waals surface area contributed by atoms with Crippen molar-refractivity contribution in [2.24, 2.45) is 5.73 Å². The maximum atomic E-state index is 10.2. The van der Waals surface area contributed by atoms with Crippen molar-refractivity contribution in [3.05, 3.63) is 0 Å². The number of nitrogens with two attached hydrogens (primary N) is 1. The first-order chi connectivity index (χ1) is 4.66. The summed E-state index contributed by atoms with van der Waals surface area (Å²) in [5.74, 6) is -0.274. The Balaban J connectivity index is 3.20. The van der Waals surface area contributed by atoms with E-state index in [-0.39, 0.29) is 5.91 Å². The third kappa shape index (κ3) is 5.28. The molecule has 0 aromatic carbocycles. The van der Waals surface area contributed by atoms with Gasteiger partial charge in [-0.05, 0) is 19.3 Å². The van der Waals surface area contributed by atoms with Gasteiger partial charge in [-0.3, -0.25) is 4.79 Å². The molecular formula is C7H14N2O. The lowest BCUT2D eigenvalue weighted by atomic mass is 10.1. The Hall–Kier alpha value is -0.860. The van der Waals surface area contributed by atoms with Crippen LogP contribution in [0.25, 0.3) is 0 Å². The van der Waals surface area contributed by atoms with Crippen molar-refractivity contribution in [1.82, 2.24) is 0 Å². The summed E-state index contributed by atoms with van der Waals surface area (Å²) in [6.07, 6.45) is 2.61. The van der Waals surface area contributed by atoms with E-state index in [0.29, 0.717) is 18.6 Å². The van der Waals surface area contributed by atoms with Crippen LogP contribution in [-0.4, -0.2) is 11.6 Å². The predicted molar refractivity (Wildman–Crippen MR) is 41.1 cm³/mol. The van der Waals surface area contributed by atoms with Crippen molar-refractivity contribution in [3.8, 4) is 0 Å². The zero-order valence-corrected chi connectivity index (χ0v) is 6.31. The molecule has 0 rings (SSSR count). The molecule has 0 aliphatic heterocycles. The molecule has 58 valence electrons. The second kappa shape index (κ2) is 4.97. The maximum absolute atomic E-state index is 10.2. The Bertz CT molecular complexity index is 132. The highest BCUT2D eigenvalue weighted by Gasteiger charge is 1.96. The molecular weight excluding hydrogens is 128 g/mol. The number of carbonyl (C=O) groups excluding carboxylic acids is 1. The molecule has 0 saturated heterocycles. The molecule has 0 aromatic heterocycles. The van der Waals surface area contributed by atoms with Crippen LogP contribution in [0.2, 0.25) is 0 Å². The van der Waals surface area contributed by atoms with Crippen LogP contribution in [0.15, 0.2) is 0 Å². The minimum absolute atomic E-state index is 0.274. The van der Waals surface area contributed by atoms with Gasteiger partial charge in [0, 0.05) is 12.1 Å². The van der Waals surface area contributed by atoms with E-state index in [0.717, 1.165) is 12.8 Å². The number of primary amides is 1. The lowest BCUT2D eigenvalue weighted by molar-refractivity contribution is -0.118. The van der Waals surface area contributed by atoms with Gasteiger partial charge in [0.05, 0.1) is 0 Å². The normalized spacial score (nSPS) is 9.30. The van der Waals surface area contributed by atoms with Crippen LogP contribution in [-0.2, 0) is 4.79 Å². The summed E-state index contributed by atoms with van der Waals surface area (Å²) in [5.41, 5.74) is 5.61. The molecule has 0 aromatic rings. The molecule has 0 spiro atoms. The predicted octanol–water partition coefficient (Wildman–Crippen LogP) is 1.07. The van der Waals surface area contributed by atoms with Crippen molar-refractivity contribution in [2.75, 3.05) is 0 Å². The van der Waals surface area contributed by atoms with Gasteiger partial charge in [0.2, 0.25) is 5.91 Å². The van der Waals surface area contributed by atoms with Gasteiger partial charge in [-0.2, -0.15) is 0 Å². The van der Waals surface area contributed by atoms with Gasteiger partial charge >= 0.3 is 0 Å². The van der Waals surface area contributed by atoms with E-state index in [9.17, 15) is 4.79 Å². The van der Waals surface area contributed by atoms with Crippen molar-refractivity contribution in [1.29, 1.82) is 5.41 Å². The number of rotatable bonds is 5. The largest absolute Gasteiger partial charge is 0.370 e. The fraction of sp³-hybridized carbons (Fsp3) is 0.714. The highest BCUT2D eigenvalue weighted by molar-refractivity contribution is 5.81. The molecule has 0 saturated carbocycles. The summed E-state index contributed by atoms with van der Waals surface area (Å²) in [5, 5.41) is 7.23. The Morgan fingerprint density at radius 3 is 2.50 bits per heavy atom. The van der Waals surface area contributed by atoms with E-state index in [1.54, 1.807) is 0 Å². The summed E-state index contributed by atoms with van der Waals surface area (Å²) >= 11 is 0. The molecule has 1 amide bonds. The number of carbonyl (C=O) groups is 1. The number of amides is 1. The van der Waals surface area contributed by atoms with Gasteiger partial charge in [0.15, 0.2) is 0 Å². The zero-order valence-electron chi connectivity index (χ0n) is 6.31. The second-order valence-corrected chi connectivity index (χ2v) is 2.28. The highest BCUT2D eigenvalue weighted by Crippen LogP contribution is 1.97. The third-order valence-electron chi connectivity index (χ3n) is 1.33. The summed E-state index contributed by atoms with van der Waals surface area (Å²) in [6, 6.07) is 0. The van der Waals surface area contributed by atoms with Crippen LogP contribution in [0.4, 0.5) is 0 Å². The number of hydrogen-bond donors (Lipinski definition) is 2. The average Bonchev–Trinajstić information content (AvgIpc) is 1.87. The molecule has 10 heavy (non-hydrogen) atoms. The molecule has 0 fully saturated rings. The van der Waals surface area contributed by atoms with Gasteiger partial charge in [-0.1, -0.05) is 6.92 Å². The Labute approximate surface area is 61.1 Å². The van der Waals surface area contributed by atoms with Crippen LogP contribution in [0.1, 0.15) is 32.6 Å². The first kappa shape index (κ1) is 9.14. The number of nitrogens with one attached hydrogen (secondary N) is 1. The van der Waals surface area contributed by atoms with Crippen molar-refractivity contribution in [2.45, 2.75) is 32.6 Å². The molecule has 0 radical (unpaired) electrons. The van der Waals surface area contributed by atoms with Gasteiger partial charge in [-0.15, -0.1) is 0 Å². The molecule has 3 heteroatoms. The van der Waals surface area contributed by atoms with E-state index < -0.39 is 0 Å². The smallest absolute Gasteiger partial charge is 0.217 e. The highest BCUT2D eigenvalue weighted by atomic mass is 16.1. The van der Waals surface area contributed by atoms with Gasteiger partial charge < -0.3 is 11.1 Å². The minimum Gasteiger partial charge on any atom is -0.370 e. The molecule has 0 heterocycles. The molecule has 0 aliphatic carbocycles. The minimum atomic E-state index is -0.274. The van der Waals surface area contributed by atoms with Crippen molar-refractivity contribution in [3.63, 3.8) is 0 Å². The van der Waals surface area contributed by atoms with E-state index in [4.69, 9.17) is 11.1 Å². The maximum Gasteiger partial charge on any atom is 0.217 e. The lowest BCUT2D eigenvalue weighted by Crippen LogP contribution is -2.10. The fourth-order valence-electron chi connectivity index (χ4n) is 0.653. The van der Waals surface area contributed by atoms with Gasteiger partial charge in [0.25, 0.3) is 0 Å². The summed E-state index contributed by atoms with van der Waals surface area (Å²) < 4.78 is 0. The Morgan fingerprint density at radius 2 is 2.10 bits per heavy atom. The molecule has 3 N–H and O–H groups in total. The Kier molecular flexibility index (Phi) is 4.54. The van der Waals surface area contributed by atoms with Crippen LogP contribution in [0.5, 0.6) is 0 Å². The van der Waals surface area contributed by atoms with E-state index in [1.807, 2.05) is 6.92 Å². The topological polar surface area (TPSA) is 66.9 Å². The zero-order chi connectivity index (χ0) is 7.98. The van der Waals surface area contributed by atoms with Crippen LogP contribution in [0, 0.1) is 5.41 Å². The lowest BCUT2D eigenvalue weighted by Gasteiger charge is -1.96. The van der Waals surface area contributed by atoms with Crippen LogP contribution >= 0.6 is 0 Å². The first-order valence-electron chi connectivity index (χ1n) is 3.51. The second-order valence-electron chi connectivity index (χ2n) is 2.28. The summed E-state index contributed by atoms with van der Waals surface area (Å²) in [7, 11) is 0. The SMILES string of the molecule is CCC(=N)CCCC(N)=O. The van der Waals surface area contributed by atoms with Crippen molar-refractivity contribution < 1.29 is 4.79 Å². The van der Waals surface area contributed by atoms with E-state index >= 15 is 0 Å². The van der Waals surface area contributed by atoms with Crippen LogP contribution in [0.3, 0.4) is 0 Å². The third-order valence-corrected chi connectivity index (χ3v) is 1.33. The molecule has 0 atom stereocenters. The monoisotopic (exact) mass is 142 g/mol. The molecule has 0 aliphatic rings. The molecule has 0 bridgehead atoms. The summed E-state index contributed by atoms with van der Waals surface area (Å²) in [6.45, 7) is 1.94. The van der Waals surface area contributed by atoms with Gasteiger partial charge in [0.1, 0.15) is 0 Å².